The third-order valence-corrected chi connectivity index (χ3v) is 3.94. The molecule has 1 heterocycles. The molecular weight excluding hydrogens is 358 g/mol. The summed E-state index contributed by atoms with van der Waals surface area (Å²) >= 11 is 0. The van der Waals surface area contributed by atoms with Gasteiger partial charge in [-0.15, -0.1) is 0 Å². The van der Waals surface area contributed by atoms with Crippen molar-refractivity contribution in [3.63, 3.8) is 0 Å². The molecule has 1 rings (SSSR count). The first-order chi connectivity index (χ1) is 12.2. The molecule has 0 spiro atoms. The van der Waals surface area contributed by atoms with E-state index in [1.165, 1.54) is 0 Å². The predicted octanol–water partition coefficient (Wildman–Crippen LogP) is -5.41. The van der Waals surface area contributed by atoms with Gasteiger partial charge in [-0.3, -0.25) is 4.79 Å². The Bertz CT molecular complexity index is 464. The Morgan fingerprint density at radius 3 is 2.31 bits per heavy atom. The minimum absolute atomic E-state index is 0.00299. The summed E-state index contributed by atoms with van der Waals surface area (Å²) in [5.41, 5.74) is 0. The number of aliphatic hydroxyl groups is 7. The Labute approximate surface area is 148 Å². The standard InChI is InChI=1S/C14H25NO11/c1-5(19)15-9-12(24)11(23)8(4-18)25-14(9)26-13(7(21)3-17)10(22)6(20)2-16/h3,6-14,16,18,20-24H,2,4H2,1H3,(H,15,19)/t6-,7+,8-,9-,10+,11+,12-,13-,14+/m1/s1. The molecule has 0 aromatic carbocycles. The molecule has 0 aromatic rings. The third-order valence-electron chi connectivity index (χ3n) is 3.94. The number of carbonyl (C=O) groups is 2. The highest BCUT2D eigenvalue weighted by Gasteiger charge is 2.47. The summed E-state index contributed by atoms with van der Waals surface area (Å²) in [6.45, 7) is -0.530. The molecule has 0 bridgehead atoms. The molecule has 1 aliphatic rings. The van der Waals surface area contributed by atoms with Crippen molar-refractivity contribution in [3.8, 4) is 0 Å². The SMILES string of the molecule is CC(=O)N[C@H]1[C@H](O[C@@H]([C@@H](O)[C@H](O)CO)[C@@H](O)C=O)O[C@H](CO)[C@H](O)[C@@H]1O. The molecule has 12 nitrogen and oxygen atoms in total. The van der Waals surface area contributed by atoms with Crippen molar-refractivity contribution >= 4 is 12.2 Å². The smallest absolute Gasteiger partial charge is 0.217 e. The minimum Gasteiger partial charge on any atom is -0.394 e. The topological polar surface area (TPSA) is 206 Å². The number of hydrogen-bond acceptors (Lipinski definition) is 11. The Hall–Kier alpha value is -1.22. The van der Waals surface area contributed by atoms with E-state index in [9.17, 15) is 40.2 Å². The van der Waals surface area contributed by atoms with Crippen LogP contribution in [0.2, 0.25) is 0 Å². The summed E-state index contributed by atoms with van der Waals surface area (Å²) in [7, 11) is 0. The molecule has 1 aliphatic heterocycles. The molecule has 0 aromatic heterocycles. The van der Waals surface area contributed by atoms with E-state index < -0.39 is 74.2 Å². The van der Waals surface area contributed by atoms with Gasteiger partial charge < -0.3 is 55.3 Å². The van der Waals surface area contributed by atoms with Crippen LogP contribution in [0.1, 0.15) is 6.92 Å². The summed E-state index contributed by atoms with van der Waals surface area (Å²) in [6.07, 6.45) is -13.6. The summed E-state index contributed by atoms with van der Waals surface area (Å²) in [5, 5.41) is 69.6. The first kappa shape index (κ1) is 22.8. The van der Waals surface area contributed by atoms with Crippen molar-refractivity contribution in [1.29, 1.82) is 0 Å². The van der Waals surface area contributed by atoms with Crippen LogP contribution in [0, 0.1) is 0 Å². The molecule has 152 valence electrons. The van der Waals surface area contributed by atoms with Crippen molar-refractivity contribution in [1.82, 2.24) is 5.32 Å². The molecule has 0 unspecified atom stereocenters. The van der Waals surface area contributed by atoms with E-state index in [4.69, 9.17) is 14.6 Å². The van der Waals surface area contributed by atoms with E-state index in [1.807, 2.05) is 0 Å². The molecule has 1 amide bonds. The van der Waals surface area contributed by atoms with Crippen LogP contribution in [0.3, 0.4) is 0 Å². The van der Waals surface area contributed by atoms with Gasteiger partial charge in [0.1, 0.15) is 48.8 Å². The summed E-state index contributed by atoms with van der Waals surface area (Å²) in [5.74, 6) is -0.635. The average molecular weight is 383 g/mol. The van der Waals surface area contributed by atoms with Crippen LogP contribution in [0.4, 0.5) is 0 Å². The number of amides is 1. The predicted molar refractivity (Wildman–Crippen MR) is 81.4 cm³/mol. The first-order valence-corrected chi connectivity index (χ1v) is 7.83. The van der Waals surface area contributed by atoms with E-state index in [-0.39, 0.29) is 6.29 Å². The maximum Gasteiger partial charge on any atom is 0.217 e. The summed E-state index contributed by atoms with van der Waals surface area (Å²) < 4.78 is 10.5. The Morgan fingerprint density at radius 1 is 1.23 bits per heavy atom. The second-order valence-corrected chi connectivity index (χ2v) is 5.90. The van der Waals surface area contributed by atoms with Gasteiger partial charge in [0.05, 0.1) is 13.2 Å². The number of nitrogens with one attached hydrogen (secondary N) is 1. The number of aliphatic hydroxyl groups excluding tert-OH is 7. The number of rotatable bonds is 9. The van der Waals surface area contributed by atoms with Gasteiger partial charge in [-0.05, 0) is 0 Å². The van der Waals surface area contributed by atoms with Crippen molar-refractivity contribution < 1.29 is 54.8 Å². The van der Waals surface area contributed by atoms with Gasteiger partial charge in [-0.1, -0.05) is 0 Å². The van der Waals surface area contributed by atoms with Crippen molar-refractivity contribution in [2.24, 2.45) is 0 Å². The maximum absolute atomic E-state index is 11.3. The number of aldehydes is 1. The van der Waals surface area contributed by atoms with Crippen LogP contribution in [-0.2, 0) is 19.1 Å². The van der Waals surface area contributed by atoms with E-state index in [1.54, 1.807) is 0 Å². The number of carbonyl (C=O) groups excluding carboxylic acids is 2. The molecule has 0 saturated carbocycles. The highest BCUT2D eigenvalue weighted by molar-refractivity contribution is 5.73. The van der Waals surface area contributed by atoms with E-state index in [2.05, 4.69) is 5.32 Å². The molecule has 0 radical (unpaired) electrons. The quantitative estimate of drug-likeness (QED) is 0.176. The molecule has 9 atom stereocenters. The van der Waals surface area contributed by atoms with Crippen LogP contribution in [0.25, 0.3) is 0 Å². The Morgan fingerprint density at radius 2 is 1.85 bits per heavy atom. The maximum atomic E-state index is 11.3. The monoisotopic (exact) mass is 383 g/mol. The molecule has 0 aliphatic carbocycles. The lowest BCUT2D eigenvalue weighted by Crippen LogP contribution is -2.66. The number of hydrogen-bond donors (Lipinski definition) is 8. The van der Waals surface area contributed by atoms with Gasteiger partial charge in [-0.25, -0.2) is 0 Å². The van der Waals surface area contributed by atoms with Gasteiger partial charge in [0.25, 0.3) is 0 Å². The zero-order valence-corrected chi connectivity index (χ0v) is 14.0. The van der Waals surface area contributed by atoms with Crippen LogP contribution in [-0.4, -0.2) is 116 Å². The fourth-order valence-electron chi connectivity index (χ4n) is 2.51. The first-order valence-electron chi connectivity index (χ1n) is 7.83. The third kappa shape index (κ3) is 5.39. The van der Waals surface area contributed by atoms with Crippen LogP contribution in [0.5, 0.6) is 0 Å². The van der Waals surface area contributed by atoms with Crippen molar-refractivity contribution in [2.75, 3.05) is 13.2 Å². The molecule has 26 heavy (non-hydrogen) atoms. The zero-order chi connectivity index (χ0) is 20.0. The summed E-state index contributed by atoms with van der Waals surface area (Å²) in [4.78, 5) is 22.2. The molecular formula is C14H25NO11. The van der Waals surface area contributed by atoms with E-state index in [0.29, 0.717) is 0 Å². The normalized spacial score (nSPS) is 33.8. The Kier molecular flexibility index (Phi) is 8.95. The van der Waals surface area contributed by atoms with Crippen molar-refractivity contribution in [3.05, 3.63) is 0 Å². The van der Waals surface area contributed by atoms with Crippen LogP contribution in [0.15, 0.2) is 0 Å². The van der Waals surface area contributed by atoms with E-state index >= 15 is 0 Å². The lowest BCUT2D eigenvalue weighted by molar-refractivity contribution is -0.299. The van der Waals surface area contributed by atoms with Gasteiger partial charge >= 0.3 is 0 Å². The largest absolute Gasteiger partial charge is 0.394 e. The fraction of sp³-hybridized carbons (Fsp3) is 0.857. The van der Waals surface area contributed by atoms with Gasteiger partial charge in [0.2, 0.25) is 5.91 Å². The molecule has 12 heteroatoms. The lowest BCUT2D eigenvalue weighted by Gasteiger charge is -2.44. The Balaban J connectivity index is 3.09. The molecule has 1 saturated heterocycles. The van der Waals surface area contributed by atoms with Crippen LogP contribution >= 0.6 is 0 Å². The van der Waals surface area contributed by atoms with Gasteiger partial charge in [0.15, 0.2) is 12.6 Å². The lowest BCUT2D eigenvalue weighted by atomic mass is 9.96. The highest BCUT2D eigenvalue weighted by atomic mass is 16.7. The fourth-order valence-corrected chi connectivity index (χ4v) is 2.51. The second kappa shape index (κ2) is 10.2. The second-order valence-electron chi connectivity index (χ2n) is 5.90. The molecule has 8 N–H and O–H groups in total. The van der Waals surface area contributed by atoms with E-state index in [0.717, 1.165) is 6.92 Å². The zero-order valence-electron chi connectivity index (χ0n) is 14.0. The highest BCUT2D eigenvalue weighted by Crippen LogP contribution is 2.25. The molecule has 1 fully saturated rings. The van der Waals surface area contributed by atoms with Crippen LogP contribution < -0.4 is 5.32 Å². The minimum atomic E-state index is -1.95. The average Bonchev–Trinajstić information content (AvgIpc) is 2.62. The van der Waals surface area contributed by atoms with Gasteiger partial charge in [0, 0.05) is 6.92 Å². The summed E-state index contributed by atoms with van der Waals surface area (Å²) in [6, 6.07) is -1.38. The number of ether oxygens (including phenoxy) is 2. The van der Waals surface area contributed by atoms with Gasteiger partial charge in [-0.2, -0.15) is 0 Å². The van der Waals surface area contributed by atoms with Crippen molar-refractivity contribution in [2.45, 2.75) is 62.0 Å².